The predicted molar refractivity (Wildman–Crippen MR) is 67.7 cm³/mol. The first kappa shape index (κ1) is 11.9. The third kappa shape index (κ3) is 3.76. The number of pyridine rings is 1. The van der Waals surface area contributed by atoms with Gasteiger partial charge in [0, 0.05) is 6.54 Å². The third-order valence-electron chi connectivity index (χ3n) is 2.83. The van der Waals surface area contributed by atoms with Crippen LogP contribution in [0, 0.1) is 0 Å². The molecule has 0 aliphatic carbocycles. The summed E-state index contributed by atoms with van der Waals surface area (Å²) < 4.78 is 6.48. The fraction of sp³-hybridized carbons (Fsp3) is 0.583. The average molecular weight is 285 g/mol. The number of hydrogen-bond donors (Lipinski definition) is 0. The molecule has 2 rings (SSSR count). The molecule has 16 heavy (non-hydrogen) atoms. The molecule has 1 aliphatic rings. The smallest absolute Gasteiger partial charge is 0.137 e. The topological polar surface area (TPSA) is 25.4 Å². The van der Waals surface area contributed by atoms with E-state index in [1.807, 2.05) is 12.1 Å². The Labute approximate surface area is 105 Å². The van der Waals surface area contributed by atoms with E-state index in [0.717, 1.165) is 23.5 Å². The van der Waals surface area contributed by atoms with Crippen LogP contribution in [-0.2, 0) is 0 Å². The second-order valence-corrected chi connectivity index (χ2v) is 4.88. The van der Waals surface area contributed by atoms with Gasteiger partial charge in [-0.15, -0.1) is 0 Å². The summed E-state index contributed by atoms with van der Waals surface area (Å²) in [6.45, 7) is 4.23. The molecule has 2 heterocycles. The Bertz CT molecular complexity index is 309. The zero-order valence-electron chi connectivity index (χ0n) is 9.36. The fourth-order valence-electron chi connectivity index (χ4n) is 1.92. The Morgan fingerprint density at radius 2 is 2.06 bits per heavy atom. The normalized spacial score (nSPS) is 17.3. The molecule has 88 valence electrons. The summed E-state index contributed by atoms with van der Waals surface area (Å²) in [6, 6.07) is 3.84. The number of ether oxygens (including phenoxy) is 1. The van der Waals surface area contributed by atoms with Crippen LogP contribution < -0.4 is 4.74 Å². The van der Waals surface area contributed by atoms with Crippen molar-refractivity contribution in [3.63, 3.8) is 0 Å². The molecule has 0 bridgehead atoms. The highest BCUT2D eigenvalue weighted by molar-refractivity contribution is 9.10. The molecule has 1 saturated heterocycles. The highest BCUT2D eigenvalue weighted by Gasteiger charge is 2.09. The lowest BCUT2D eigenvalue weighted by Crippen LogP contribution is -2.33. The van der Waals surface area contributed by atoms with Gasteiger partial charge in [-0.05, 0) is 54.0 Å². The van der Waals surface area contributed by atoms with Crippen molar-refractivity contribution < 1.29 is 4.74 Å². The van der Waals surface area contributed by atoms with Crippen LogP contribution in [0.3, 0.4) is 0 Å². The Hall–Kier alpha value is -0.610. The van der Waals surface area contributed by atoms with Crippen LogP contribution in [0.5, 0.6) is 5.75 Å². The van der Waals surface area contributed by atoms with Gasteiger partial charge in [-0.25, -0.2) is 4.98 Å². The highest BCUT2D eigenvalue weighted by atomic mass is 79.9. The number of likely N-dealkylation sites (tertiary alicyclic amines) is 1. The fourth-order valence-corrected chi connectivity index (χ4v) is 2.16. The molecule has 0 saturated carbocycles. The maximum atomic E-state index is 5.64. The van der Waals surface area contributed by atoms with Crippen molar-refractivity contribution in [3.8, 4) is 5.75 Å². The van der Waals surface area contributed by atoms with Crippen LogP contribution >= 0.6 is 15.9 Å². The van der Waals surface area contributed by atoms with Crippen LogP contribution in [0.25, 0.3) is 0 Å². The van der Waals surface area contributed by atoms with Crippen molar-refractivity contribution >= 4 is 15.9 Å². The Balaban J connectivity index is 1.69. The quantitative estimate of drug-likeness (QED) is 0.795. The van der Waals surface area contributed by atoms with Gasteiger partial charge < -0.3 is 4.74 Å². The molecule has 0 spiro atoms. The van der Waals surface area contributed by atoms with E-state index in [9.17, 15) is 0 Å². The first-order valence-electron chi connectivity index (χ1n) is 5.81. The average Bonchev–Trinajstić information content (AvgIpc) is 2.33. The minimum absolute atomic E-state index is 0.753. The molecule has 1 aromatic rings. The molecule has 0 atom stereocenters. The van der Waals surface area contributed by atoms with E-state index in [1.54, 1.807) is 6.20 Å². The lowest BCUT2D eigenvalue weighted by atomic mass is 10.1. The molecule has 1 aliphatic heterocycles. The Morgan fingerprint density at radius 3 is 2.75 bits per heavy atom. The van der Waals surface area contributed by atoms with Gasteiger partial charge in [-0.1, -0.05) is 6.42 Å². The Morgan fingerprint density at radius 1 is 1.25 bits per heavy atom. The predicted octanol–water partition coefficient (Wildman–Crippen LogP) is 2.71. The number of nitrogens with zero attached hydrogens (tertiary/aromatic N) is 2. The molecule has 3 nitrogen and oxygen atoms in total. The maximum absolute atomic E-state index is 5.64. The molecule has 0 N–H and O–H groups in total. The minimum Gasteiger partial charge on any atom is -0.491 e. The minimum atomic E-state index is 0.753. The van der Waals surface area contributed by atoms with E-state index in [1.165, 1.54) is 32.4 Å². The zero-order chi connectivity index (χ0) is 11.2. The van der Waals surface area contributed by atoms with Gasteiger partial charge in [-0.3, -0.25) is 4.90 Å². The monoisotopic (exact) mass is 284 g/mol. The second kappa shape index (κ2) is 6.21. The zero-order valence-corrected chi connectivity index (χ0v) is 10.9. The van der Waals surface area contributed by atoms with Crippen molar-refractivity contribution in [1.82, 2.24) is 9.88 Å². The molecule has 1 aromatic heterocycles. The number of hydrogen-bond acceptors (Lipinski definition) is 3. The molecule has 0 aromatic carbocycles. The third-order valence-corrected chi connectivity index (χ3v) is 3.29. The van der Waals surface area contributed by atoms with Gasteiger partial charge in [0.1, 0.15) is 17.0 Å². The molecule has 0 amide bonds. The van der Waals surface area contributed by atoms with Crippen molar-refractivity contribution in [3.05, 3.63) is 22.9 Å². The van der Waals surface area contributed by atoms with E-state index in [-0.39, 0.29) is 0 Å². The lowest BCUT2D eigenvalue weighted by Gasteiger charge is -2.26. The molecular formula is C12H17BrN2O. The summed E-state index contributed by atoms with van der Waals surface area (Å²) in [5.41, 5.74) is 0. The second-order valence-electron chi connectivity index (χ2n) is 4.07. The van der Waals surface area contributed by atoms with E-state index in [2.05, 4.69) is 25.8 Å². The maximum Gasteiger partial charge on any atom is 0.137 e. The van der Waals surface area contributed by atoms with Gasteiger partial charge in [-0.2, -0.15) is 0 Å². The van der Waals surface area contributed by atoms with Crippen molar-refractivity contribution in [2.75, 3.05) is 26.2 Å². The summed E-state index contributed by atoms with van der Waals surface area (Å²) in [5, 5.41) is 0. The first-order chi connectivity index (χ1) is 7.84. The number of aromatic nitrogens is 1. The lowest BCUT2D eigenvalue weighted by molar-refractivity contribution is 0.183. The van der Waals surface area contributed by atoms with Gasteiger partial charge in [0.2, 0.25) is 0 Å². The van der Waals surface area contributed by atoms with E-state index < -0.39 is 0 Å². The standard InChI is InChI=1S/C12H17BrN2O/c13-12-5-4-11(10-14-12)16-9-8-15-6-2-1-3-7-15/h4-5,10H,1-3,6-9H2. The van der Waals surface area contributed by atoms with Crippen LogP contribution in [0.4, 0.5) is 0 Å². The Kier molecular flexibility index (Phi) is 4.60. The summed E-state index contributed by atoms with van der Waals surface area (Å²) in [5.74, 6) is 0.847. The molecular weight excluding hydrogens is 268 g/mol. The SMILES string of the molecule is Brc1ccc(OCCN2CCCCC2)cn1. The number of rotatable bonds is 4. The van der Waals surface area contributed by atoms with Gasteiger partial charge in [0.25, 0.3) is 0 Å². The van der Waals surface area contributed by atoms with Crippen LogP contribution in [0.1, 0.15) is 19.3 Å². The van der Waals surface area contributed by atoms with E-state index >= 15 is 0 Å². The van der Waals surface area contributed by atoms with Gasteiger partial charge >= 0.3 is 0 Å². The number of piperidine rings is 1. The van der Waals surface area contributed by atoms with Crippen LogP contribution in [0.2, 0.25) is 0 Å². The number of halogens is 1. The van der Waals surface area contributed by atoms with Gasteiger partial charge in [0.05, 0.1) is 6.20 Å². The van der Waals surface area contributed by atoms with Crippen molar-refractivity contribution in [2.45, 2.75) is 19.3 Å². The van der Waals surface area contributed by atoms with E-state index in [0.29, 0.717) is 0 Å². The summed E-state index contributed by atoms with van der Waals surface area (Å²) >= 11 is 3.30. The summed E-state index contributed by atoms with van der Waals surface area (Å²) in [6.07, 6.45) is 5.80. The van der Waals surface area contributed by atoms with Crippen molar-refractivity contribution in [1.29, 1.82) is 0 Å². The molecule has 4 heteroatoms. The van der Waals surface area contributed by atoms with Crippen LogP contribution in [-0.4, -0.2) is 36.1 Å². The van der Waals surface area contributed by atoms with Gasteiger partial charge in [0.15, 0.2) is 0 Å². The first-order valence-corrected chi connectivity index (χ1v) is 6.60. The van der Waals surface area contributed by atoms with E-state index in [4.69, 9.17) is 4.74 Å². The van der Waals surface area contributed by atoms with Crippen LogP contribution in [0.15, 0.2) is 22.9 Å². The molecule has 0 unspecified atom stereocenters. The molecule has 0 radical (unpaired) electrons. The highest BCUT2D eigenvalue weighted by Crippen LogP contribution is 2.13. The molecule has 1 fully saturated rings. The van der Waals surface area contributed by atoms with Crippen molar-refractivity contribution in [2.24, 2.45) is 0 Å². The largest absolute Gasteiger partial charge is 0.491 e. The summed E-state index contributed by atoms with van der Waals surface area (Å²) in [7, 11) is 0. The summed E-state index contributed by atoms with van der Waals surface area (Å²) in [4.78, 5) is 6.59.